The molecule has 1 unspecified atom stereocenters. The molecule has 1 heterocycles. The van der Waals surface area contributed by atoms with Crippen LogP contribution < -0.4 is 10.2 Å². The third kappa shape index (κ3) is 3.49. The van der Waals surface area contributed by atoms with Crippen molar-refractivity contribution >= 4 is 17.6 Å². The Morgan fingerprint density at radius 3 is 2.80 bits per heavy atom. The van der Waals surface area contributed by atoms with Crippen molar-refractivity contribution in [3.63, 3.8) is 0 Å². The van der Waals surface area contributed by atoms with Gasteiger partial charge in [0.05, 0.1) is 6.04 Å². The van der Waals surface area contributed by atoms with Crippen LogP contribution in [0.3, 0.4) is 0 Å². The number of hydrogen-bond donors (Lipinski definition) is 1. The topological polar surface area (TPSA) is 54.2 Å². The SMILES string of the molecule is CCNC(C)c1nnc(N(C)Cc2ccccc2Cl)o1. The third-order valence-corrected chi connectivity index (χ3v) is 3.37. The molecule has 5 nitrogen and oxygen atoms in total. The Bertz CT molecular complexity index is 558. The molecule has 0 bridgehead atoms. The summed E-state index contributed by atoms with van der Waals surface area (Å²) in [5.74, 6) is 0.591. The van der Waals surface area contributed by atoms with Crippen LogP contribution in [0.5, 0.6) is 0 Å². The molecule has 0 saturated heterocycles. The highest BCUT2D eigenvalue weighted by molar-refractivity contribution is 6.31. The average Bonchev–Trinajstić information content (AvgIpc) is 2.91. The summed E-state index contributed by atoms with van der Waals surface area (Å²) in [6.45, 7) is 5.51. The molecular weight excluding hydrogens is 276 g/mol. The lowest BCUT2D eigenvalue weighted by atomic mass is 10.2. The summed E-state index contributed by atoms with van der Waals surface area (Å²) >= 11 is 6.15. The van der Waals surface area contributed by atoms with Gasteiger partial charge in [-0.05, 0) is 25.1 Å². The summed E-state index contributed by atoms with van der Waals surface area (Å²) in [5.41, 5.74) is 1.02. The molecule has 0 radical (unpaired) electrons. The second-order valence-electron chi connectivity index (χ2n) is 4.65. The molecule has 2 aromatic rings. The first-order valence-electron chi connectivity index (χ1n) is 6.63. The molecule has 0 amide bonds. The zero-order valence-corrected chi connectivity index (χ0v) is 12.7. The summed E-state index contributed by atoms with van der Waals surface area (Å²) in [6, 6.07) is 8.27. The molecule has 0 aliphatic heterocycles. The van der Waals surface area contributed by atoms with Crippen molar-refractivity contribution in [2.45, 2.75) is 26.4 Å². The molecule has 0 fully saturated rings. The maximum atomic E-state index is 6.15. The van der Waals surface area contributed by atoms with E-state index in [1.807, 2.05) is 50.1 Å². The average molecular weight is 295 g/mol. The van der Waals surface area contributed by atoms with E-state index in [2.05, 4.69) is 15.5 Å². The zero-order valence-electron chi connectivity index (χ0n) is 11.9. The number of benzene rings is 1. The summed E-state index contributed by atoms with van der Waals surface area (Å²) in [5, 5.41) is 12.1. The van der Waals surface area contributed by atoms with Crippen LogP contribution in [0.4, 0.5) is 6.01 Å². The fraction of sp³-hybridized carbons (Fsp3) is 0.429. The Morgan fingerprint density at radius 2 is 2.10 bits per heavy atom. The molecule has 20 heavy (non-hydrogen) atoms. The summed E-state index contributed by atoms with van der Waals surface area (Å²) in [7, 11) is 1.90. The van der Waals surface area contributed by atoms with E-state index in [4.69, 9.17) is 16.0 Å². The normalized spacial score (nSPS) is 12.4. The molecule has 1 N–H and O–H groups in total. The van der Waals surface area contributed by atoms with Crippen molar-refractivity contribution in [3.05, 3.63) is 40.7 Å². The number of nitrogens with one attached hydrogen (secondary N) is 1. The van der Waals surface area contributed by atoms with Crippen LogP contribution in [0.15, 0.2) is 28.7 Å². The van der Waals surface area contributed by atoms with Gasteiger partial charge in [-0.25, -0.2) is 0 Å². The Hall–Kier alpha value is -1.59. The van der Waals surface area contributed by atoms with Crippen molar-refractivity contribution < 1.29 is 4.42 Å². The molecule has 108 valence electrons. The zero-order chi connectivity index (χ0) is 14.5. The van der Waals surface area contributed by atoms with E-state index in [1.54, 1.807) is 0 Å². The van der Waals surface area contributed by atoms with E-state index in [9.17, 15) is 0 Å². The van der Waals surface area contributed by atoms with Gasteiger partial charge in [-0.1, -0.05) is 41.8 Å². The maximum Gasteiger partial charge on any atom is 0.318 e. The van der Waals surface area contributed by atoms with Gasteiger partial charge in [-0.2, -0.15) is 0 Å². The first-order chi connectivity index (χ1) is 9.61. The molecule has 1 aromatic carbocycles. The lowest BCUT2D eigenvalue weighted by Crippen LogP contribution is -2.18. The fourth-order valence-corrected chi connectivity index (χ4v) is 2.09. The van der Waals surface area contributed by atoms with Crippen LogP contribution in [0.25, 0.3) is 0 Å². The molecule has 1 aromatic heterocycles. The summed E-state index contributed by atoms with van der Waals surface area (Å²) < 4.78 is 5.67. The number of nitrogens with zero attached hydrogens (tertiary/aromatic N) is 3. The molecule has 2 rings (SSSR count). The van der Waals surface area contributed by atoms with E-state index in [0.29, 0.717) is 18.5 Å². The van der Waals surface area contributed by atoms with E-state index in [1.165, 1.54) is 0 Å². The van der Waals surface area contributed by atoms with Gasteiger partial charge < -0.3 is 14.6 Å². The second-order valence-corrected chi connectivity index (χ2v) is 5.06. The quantitative estimate of drug-likeness (QED) is 0.887. The molecule has 1 atom stereocenters. The number of aromatic nitrogens is 2. The van der Waals surface area contributed by atoms with E-state index < -0.39 is 0 Å². The van der Waals surface area contributed by atoms with Gasteiger partial charge in [-0.15, -0.1) is 5.10 Å². The lowest BCUT2D eigenvalue weighted by Gasteiger charge is -2.15. The van der Waals surface area contributed by atoms with Crippen LogP contribution in [0.1, 0.15) is 31.3 Å². The number of hydrogen-bond acceptors (Lipinski definition) is 5. The van der Waals surface area contributed by atoms with Crippen LogP contribution in [0, 0.1) is 0 Å². The highest BCUT2D eigenvalue weighted by Crippen LogP contribution is 2.21. The van der Waals surface area contributed by atoms with Gasteiger partial charge in [0, 0.05) is 18.6 Å². The van der Waals surface area contributed by atoms with Crippen LogP contribution in [-0.2, 0) is 6.54 Å². The Kier molecular flexibility index (Phi) is 4.98. The minimum Gasteiger partial charge on any atom is -0.406 e. The third-order valence-electron chi connectivity index (χ3n) is 3.00. The number of halogens is 1. The minimum absolute atomic E-state index is 0.0509. The first kappa shape index (κ1) is 14.8. The Balaban J connectivity index is 2.06. The number of rotatable bonds is 6. The number of anilines is 1. The highest BCUT2D eigenvalue weighted by Gasteiger charge is 2.16. The molecule has 0 aliphatic rings. The van der Waals surface area contributed by atoms with Crippen LogP contribution in [0.2, 0.25) is 5.02 Å². The van der Waals surface area contributed by atoms with Gasteiger partial charge >= 0.3 is 6.01 Å². The standard InChI is InChI=1S/C14H19ClN4O/c1-4-16-10(2)13-17-18-14(20-13)19(3)9-11-7-5-6-8-12(11)15/h5-8,10,16H,4,9H2,1-3H3. The van der Waals surface area contributed by atoms with E-state index in [-0.39, 0.29) is 6.04 Å². The first-order valence-corrected chi connectivity index (χ1v) is 7.01. The molecule has 0 saturated carbocycles. The minimum atomic E-state index is 0.0509. The van der Waals surface area contributed by atoms with Crippen molar-refractivity contribution in [1.82, 2.24) is 15.5 Å². The maximum absolute atomic E-state index is 6.15. The molecule has 0 aliphatic carbocycles. The summed E-state index contributed by atoms with van der Waals surface area (Å²) in [6.07, 6.45) is 0. The predicted octanol–water partition coefficient (Wildman–Crippen LogP) is 3.03. The van der Waals surface area contributed by atoms with Gasteiger partial charge in [-0.3, -0.25) is 0 Å². The van der Waals surface area contributed by atoms with Gasteiger partial charge in [0.25, 0.3) is 0 Å². The van der Waals surface area contributed by atoms with Crippen LogP contribution in [-0.4, -0.2) is 23.8 Å². The van der Waals surface area contributed by atoms with Crippen LogP contribution >= 0.6 is 11.6 Å². The van der Waals surface area contributed by atoms with E-state index in [0.717, 1.165) is 17.1 Å². The Labute approximate surface area is 123 Å². The van der Waals surface area contributed by atoms with Crippen molar-refractivity contribution in [3.8, 4) is 0 Å². The van der Waals surface area contributed by atoms with E-state index >= 15 is 0 Å². The van der Waals surface area contributed by atoms with Crippen molar-refractivity contribution in [1.29, 1.82) is 0 Å². The predicted molar refractivity (Wildman–Crippen MR) is 79.9 cm³/mol. The second kappa shape index (κ2) is 6.72. The van der Waals surface area contributed by atoms with Gasteiger partial charge in [0.1, 0.15) is 0 Å². The van der Waals surface area contributed by atoms with Crippen molar-refractivity contribution in [2.75, 3.05) is 18.5 Å². The fourth-order valence-electron chi connectivity index (χ4n) is 1.90. The van der Waals surface area contributed by atoms with Crippen molar-refractivity contribution in [2.24, 2.45) is 0 Å². The van der Waals surface area contributed by atoms with Gasteiger partial charge in [0.15, 0.2) is 0 Å². The molecular formula is C14H19ClN4O. The smallest absolute Gasteiger partial charge is 0.318 e. The van der Waals surface area contributed by atoms with Gasteiger partial charge in [0.2, 0.25) is 5.89 Å². The monoisotopic (exact) mass is 294 g/mol. The lowest BCUT2D eigenvalue weighted by molar-refractivity contribution is 0.421. The Morgan fingerprint density at radius 1 is 1.35 bits per heavy atom. The molecule has 0 spiro atoms. The molecule has 6 heteroatoms. The summed E-state index contributed by atoms with van der Waals surface area (Å²) in [4.78, 5) is 1.89. The highest BCUT2D eigenvalue weighted by atomic mass is 35.5. The largest absolute Gasteiger partial charge is 0.406 e.